The van der Waals surface area contributed by atoms with Gasteiger partial charge in [-0.05, 0) is 42.3 Å². The first-order valence-electron chi connectivity index (χ1n) is 6.57. The Balaban J connectivity index is 2.22. The van der Waals surface area contributed by atoms with Gasteiger partial charge >= 0.3 is 0 Å². The van der Waals surface area contributed by atoms with E-state index in [0.717, 1.165) is 11.6 Å². The zero-order chi connectivity index (χ0) is 15.2. The fourth-order valence-electron chi connectivity index (χ4n) is 2.09. The molecule has 0 aliphatic carbocycles. The van der Waals surface area contributed by atoms with Crippen LogP contribution < -0.4 is 15.2 Å². The molecule has 2 aromatic carbocycles. The number of halogens is 2. The topological polar surface area (TPSA) is 44.5 Å². The number of hydrogen-bond acceptors (Lipinski definition) is 3. The maximum absolute atomic E-state index is 13.2. The van der Waals surface area contributed by atoms with Gasteiger partial charge in [0.1, 0.15) is 18.2 Å². The lowest BCUT2D eigenvalue weighted by molar-refractivity contribution is 0.280. The van der Waals surface area contributed by atoms with Crippen LogP contribution in [0.2, 0.25) is 0 Å². The second kappa shape index (κ2) is 7.04. The summed E-state index contributed by atoms with van der Waals surface area (Å²) in [5.41, 5.74) is 6.88. The Bertz CT molecular complexity index is 597. The second-order valence-corrected chi connectivity index (χ2v) is 4.55. The Labute approximate surface area is 122 Å². The molecular formula is C16H17F2NO2. The SMILES string of the molecule is COc1cccc(CCN)c1OCc1cc(F)cc(F)c1. The van der Waals surface area contributed by atoms with E-state index < -0.39 is 11.6 Å². The Kier molecular flexibility index (Phi) is 5.11. The summed E-state index contributed by atoms with van der Waals surface area (Å²) in [6, 6.07) is 8.80. The van der Waals surface area contributed by atoms with E-state index in [-0.39, 0.29) is 6.61 Å². The number of para-hydroxylation sites is 1. The summed E-state index contributed by atoms with van der Waals surface area (Å²) in [5, 5.41) is 0. The number of methoxy groups -OCH3 is 1. The van der Waals surface area contributed by atoms with E-state index in [1.165, 1.54) is 19.2 Å². The van der Waals surface area contributed by atoms with Crippen molar-refractivity contribution >= 4 is 0 Å². The van der Waals surface area contributed by atoms with Gasteiger partial charge in [0, 0.05) is 6.07 Å². The van der Waals surface area contributed by atoms with Crippen molar-refractivity contribution in [2.75, 3.05) is 13.7 Å². The lowest BCUT2D eigenvalue weighted by atomic mass is 10.1. The zero-order valence-corrected chi connectivity index (χ0v) is 11.7. The maximum atomic E-state index is 13.2. The van der Waals surface area contributed by atoms with Crippen molar-refractivity contribution in [3.8, 4) is 11.5 Å². The molecule has 5 heteroatoms. The summed E-state index contributed by atoms with van der Waals surface area (Å²) in [6.45, 7) is 0.519. The molecule has 0 fully saturated rings. The molecule has 112 valence electrons. The average Bonchev–Trinajstić information content (AvgIpc) is 2.45. The van der Waals surface area contributed by atoms with Gasteiger partial charge in [0.05, 0.1) is 7.11 Å². The zero-order valence-electron chi connectivity index (χ0n) is 11.7. The molecule has 0 atom stereocenters. The summed E-state index contributed by atoms with van der Waals surface area (Å²) in [4.78, 5) is 0. The van der Waals surface area contributed by atoms with Crippen LogP contribution in [-0.4, -0.2) is 13.7 Å². The summed E-state index contributed by atoms with van der Waals surface area (Å²) >= 11 is 0. The molecule has 3 nitrogen and oxygen atoms in total. The minimum Gasteiger partial charge on any atom is -0.493 e. The van der Waals surface area contributed by atoms with E-state index in [1.807, 2.05) is 12.1 Å². The number of hydrogen-bond donors (Lipinski definition) is 1. The molecule has 2 aromatic rings. The third-order valence-corrected chi connectivity index (χ3v) is 3.00. The van der Waals surface area contributed by atoms with Crippen LogP contribution in [0.4, 0.5) is 8.78 Å². The molecule has 0 bridgehead atoms. The van der Waals surface area contributed by atoms with Crippen LogP contribution in [0.25, 0.3) is 0 Å². The van der Waals surface area contributed by atoms with Gasteiger partial charge in [0.15, 0.2) is 11.5 Å². The van der Waals surface area contributed by atoms with Crippen LogP contribution in [-0.2, 0) is 13.0 Å². The highest BCUT2D eigenvalue weighted by Gasteiger charge is 2.11. The van der Waals surface area contributed by atoms with Gasteiger partial charge < -0.3 is 15.2 Å². The van der Waals surface area contributed by atoms with Crippen molar-refractivity contribution < 1.29 is 18.3 Å². The number of rotatable bonds is 6. The lowest BCUT2D eigenvalue weighted by Gasteiger charge is -2.15. The van der Waals surface area contributed by atoms with E-state index in [0.29, 0.717) is 30.0 Å². The van der Waals surface area contributed by atoms with Crippen LogP contribution in [0, 0.1) is 11.6 Å². The predicted molar refractivity (Wildman–Crippen MR) is 76.4 cm³/mol. The van der Waals surface area contributed by atoms with Gasteiger partial charge in [-0.25, -0.2) is 8.78 Å². The molecule has 2 rings (SSSR count). The molecule has 0 amide bonds. The van der Waals surface area contributed by atoms with Crippen LogP contribution in [0.5, 0.6) is 11.5 Å². The minimum absolute atomic E-state index is 0.0482. The first kappa shape index (κ1) is 15.3. The molecule has 0 unspecified atom stereocenters. The first-order valence-corrected chi connectivity index (χ1v) is 6.57. The average molecular weight is 293 g/mol. The molecule has 2 N–H and O–H groups in total. The van der Waals surface area contributed by atoms with E-state index >= 15 is 0 Å². The molecule has 0 aromatic heterocycles. The quantitative estimate of drug-likeness (QED) is 0.890. The fourth-order valence-corrected chi connectivity index (χ4v) is 2.09. The molecule has 0 aliphatic heterocycles. The van der Waals surface area contributed by atoms with E-state index in [1.54, 1.807) is 6.07 Å². The predicted octanol–water partition coefficient (Wildman–Crippen LogP) is 3.05. The molecule has 0 aliphatic rings. The van der Waals surface area contributed by atoms with Crippen molar-refractivity contribution in [3.63, 3.8) is 0 Å². The maximum Gasteiger partial charge on any atom is 0.164 e. The standard InChI is InChI=1S/C16H17F2NO2/c1-20-15-4-2-3-12(5-6-19)16(15)21-10-11-7-13(17)9-14(18)8-11/h2-4,7-9H,5-6,10,19H2,1H3. The Morgan fingerprint density at radius 1 is 1.10 bits per heavy atom. The lowest BCUT2D eigenvalue weighted by Crippen LogP contribution is -2.06. The highest BCUT2D eigenvalue weighted by atomic mass is 19.1. The Hall–Kier alpha value is -2.14. The number of nitrogens with two attached hydrogens (primary N) is 1. The molecule has 0 spiro atoms. The highest BCUT2D eigenvalue weighted by molar-refractivity contribution is 5.47. The van der Waals surface area contributed by atoms with E-state index in [4.69, 9.17) is 15.2 Å². The van der Waals surface area contributed by atoms with Gasteiger partial charge in [-0.3, -0.25) is 0 Å². The summed E-state index contributed by atoms with van der Waals surface area (Å²) < 4.78 is 37.3. The van der Waals surface area contributed by atoms with Crippen LogP contribution in [0.15, 0.2) is 36.4 Å². The van der Waals surface area contributed by atoms with Gasteiger partial charge in [-0.2, -0.15) is 0 Å². The number of benzene rings is 2. The Morgan fingerprint density at radius 2 is 1.81 bits per heavy atom. The molecule has 0 radical (unpaired) electrons. The van der Waals surface area contributed by atoms with Crippen LogP contribution in [0.3, 0.4) is 0 Å². The van der Waals surface area contributed by atoms with Crippen LogP contribution >= 0.6 is 0 Å². The monoisotopic (exact) mass is 293 g/mol. The minimum atomic E-state index is -0.629. The van der Waals surface area contributed by atoms with Gasteiger partial charge in [0.25, 0.3) is 0 Å². The third kappa shape index (κ3) is 3.92. The first-order chi connectivity index (χ1) is 10.1. The molecule has 0 saturated carbocycles. The van der Waals surface area contributed by atoms with Crippen molar-refractivity contribution in [2.45, 2.75) is 13.0 Å². The van der Waals surface area contributed by atoms with Crippen LogP contribution in [0.1, 0.15) is 11.1 Å². The fraction of sp³-hybridized carbons (Fsp3) is 0.250. The highest BCUT2D eigenvalue weighted by Crippen LogP contribution is 2.32. The summed E-state index contributed by atoms with van der Waals surface area (Å²) in [6.07, 6.45) is 0.629. The van der Waals surface area contributed by atoms with Gasteiger partial charge in [-0.15, -0.1) is 0 Å². The van der Waals surface area contributed by atoms with Crippen molar-refractivity contribution in [1.82, 2.24) is 0 Å². The molecular weight excluding hydrogens is 276 g/mol. The van der Waals surface area contributed by atoms with Gasteiger partial charge in [-0.1, -0.05) is 12.1 Å². The van der Waals surface area contributed by atoms with Crippen molar-refractivity contribution in [2.24, 2.45) is 5.73 Å². The largest absolute Gasteiger partial charge is 0.493 e. The summed E-state index contributed by atoms with van der Waals surface area (Å²) in [7, 11) is 1.54. The molecule has 0 saturated heterocycles. The molecule has 21 heavy (non-hydrogen) atoms. The second-order valence-electron chi connectivity index (χ2n) is 4.55. The van der Waals surface area contributed by atoms with E-state index in [9.17, 15) is 8.78 Å². The van der Waals surface area contributed by atoms with Gasteiger partial charge in [0.2, 0.25) is 0 Å². The summed E-state index contributed by atoms with van der Waals surface area (Å²) in [5.74, 6) is -0.139. The van der Waals surface area contributed by atoms with E-state index in [2.05, 4.69) is 0 Å². The van der Waals surface area contributed by atoms with Crippen molar-refractivity contribution in [3.05, 3.63) is 59.2 Å². The third-order valence-electron chi connectivity index (χ3n) is 3.00. The normalized spacial score (nSPS) is 10.5. The smallest absolute Gasteiger partial charge is 0.164 e. The number of ether oxygens (including phenoxy) is 2. The Morgan fingerprint density at radius 3 is 2.43 bits per heavy atom. The van der Waals surface area contributed by atoms with Crippen molar-refractivity contribution in [1.29, 1.82) is 0 Å². The molecule has 0 heterocycles.